The lowest BCUT2D eigenvalue weighted by Crippen LogP contribution is -2.28. The van der Waals surface area contributed by atoms with Crippen LogP contribution >= 0.6 is 0 Å². The fourth-order valence-electron chi connectivity index (χ4n) is 4.03. The van der Waals surface area contributed by atoms with Crippen molar-refractivity contribution in [2.45, 2.75) is 46.3 Å². The second kappa shape index (κ2) is 9.26. The number of oxazole rings is 1. The number of aryl methyl sites for hydroxylation is 2. The van der Waals surface area contributed by atoms with Crippen molar-refractivity contribution in [3.63, 3.8) is 0 Å². The second-order valence-corrected chi connectivity index (χ2v) is 8.19. The van der Waals surface area contributed by atoms with Crippen LogP contribution in [0.5, 0.6) is 0 Å². The molecule has 0 radical (unpaired) electrons. The van der Waals surface area contributed by atoms with Gasteiger partial charge in [0.1, 0.15) is 6.26 Å². The lowest BCUT2D eigenvalue weighted by atomic mass is 10.0. The van der Waals surface area contributed by atoms with E-state index in [4.69, 9.17) is 4.42 Å². The lowest BCUT2D eigenvalue weighted by molar-refractivity contribution is 0.0787. The van der Waals surface area contributed by atoms with Crippen molar-refractivity contribution in [2.24, 2.45) is 0 Å². The molecule has 0 N–H and O–H groups in total. The topological polar surface area (TPSA) is 49.6 Å². The Bertz CT molecular complexity index is 991. The summed E-state index contributed by atoms with van der Waals surface area (Å²) >= 11 is 0. The quantitative estimate of drug-likeness (QED) is 0.572. The highest BCUT2D eigenvalue weighted by atomic mass is 16.3. The first-order valence-corrected chi connectivity index (χ1v) is 10.6. The molecule has 1 fully saturated rings. The number of amides is 1. The zero-order valence-corrected chi connectivity index (χ0v) is 17.8. The molecule has 0 bridgehead atoms. The molecule has 30 heavy (non-hydrogen) atoms. The fourth-order valence-corrected chi connectivity index (χ4v) is 4.03. The molecular formula is C25H29N3O2. The maximum Gasteiger partial charge on any atom is 0.275 e. The third-order valence-electron chi connectivity index (χ3n) is 5.66. The van der Waals surface area contributed by atoms with E-state index >= 15 is 0 Å². The van der Waals surface area contributed by atoms with E-state index in [0.717, 1.165) is 39.0 Å². The number of hydrogen-bond donors (Lipinski definition) is 0. The van der Waals surface area contributed by atoms with Crippen molar-refractivity contribution in [1.29, 1.82) is 0 Å². The predicted octanol–water partition coefficient (Wildman–Crippen LogP) is 4.73. The van der Waals surface area contributed by atoms with Crippen LogP contribution in [-0.2, 0) is 19.6 Å². The SMILES string of the molecule is Cc1ccc(CN(Cc2ccccc2)Cc2nc(C(=O)N3CCCC3)co2)c(C)c1. The van der Waals surface area contributed by atoms with Crippen molar-refractivity contribution < 1.29 is 9.21 Å². The van der Waals surface area contributed by atoms with E-state index in [-0.39, 0.29) is 5.91 Å². The number of carbonyl (C=O) groups excluding carboxylic acids is 1. The van der Waals surface area contributed by atoms with E-state index in [1.807, 2.05) is 11.0 Å². The molecule has 2 heterocycles. The van der Waals surface area contributed by atoms with Crippen molar-refractivity contribution in [3.8, 4) is 0 Å². The molecule has 0 saturated carbocycles. The summed E-state index contributed by atoms with van der Waals surface area (Å²) in [6, 6.07) is 17.0. The van der Waals surface area contributed by atoms with Gasteiger partial charge in [-0.1, -0.05) is 54.1 Å². The third-order valence-corrected chi connectivity index (χ3v) is 5.66. The van der Waals surface area contributed by atoms with Gasteiger partial charge in [0.05, 0.1) is 6.54 Å². The highest BCUT2D eigenvalue weighted by molar-refractivity contribution is 5.92. The van der Waals surface area contributed by atoms with Gasteiger partial charge < -0.3 is 9.32 Å². The molecule has 1 aliphatic rings. The second-order valence-electron chi connectivity index (χ2n) is 8.19. The van der Waals surface area contributed by atoms with Gasteiger partial charge in [-0.25, -0.2) is 4.98 Å². The monoisotopic (exact) mass is 403 g/mol. The number of hydrogen-bond acceptors (Lipinski definition) is 4. The van der Waals surface area contributed by atoms with Crippen LogP contribution in [0.3, 0.4) is 0 Å². The molecule has 5 nitrogen and oxygen atoms in total. The molecule has 0 spiro atoms. The molecule has 156 valence electrons. The van der Waals surface area contributed by atoms with Crippen LogP contribution in [0.15, 0.2) is 59.2 Å². The molecule has 0 aliphatic carbocycles. The molecule has 1 saturated heterocycles. The summed E-state index contributed by atoms with van der Waals surface area (Å²) in [6.45, 7) is 8.02. The van der Waals surface area contributed by atoms with Gasteiger partial charge in [-0.15, -0.1) is 0 Å². The highest BCUT2D eigenvalue weighted by Crippen LogP contribution is 2.19. The molecule has 5 heteroatoms. The Morgan fingerprint density at radius 2 is 1.80 bits per heavy atom. The number of aromatic nitrogens is 1. The molecule has 0 atom stereocenters. The minimum Gasteiger partial charge on any atom is -0.447 e. The van der Waals surface area contributed by atoms with E-state index in [0.29, 0.717) is 18.1 Å². The molecule has 1 aliphatic heterocycles. The highest BCUT2D eigenvalue weighted by Gasteiger charge is 2.23. The van der Waals surface area contributed by atoms with Gasteiger partial charge in [-0.2, -0.15) is 0 Å². The largest absolute Gasteiger partial charge is 0.447 e. The van der Waals surface area contributed by atoms with Crippen LogP contribution in [0.25, 0.3) is 0 Å². The first-order chi connectivity index (χ1) is 14.6. The van der Waals surface area contributed by atoms with E-state index < -0.39 is 0 Å². The Balaban J connectivity index is 1.51. The van der Waals surface area contributed by atoms with Gasteiger partial charge in [-0.3, -0.25) is 9.69 Å². The van der Waals surface area contributed by atoms with Gasteiger partial charge in [-0.05, 0) is 43.4 Å². The maximum atomic E-state index is 12.6. The van der Waals surface area contributed by atoms with Crippen molar-refractivity contribution in [1.82, 2.24) is 14.8 Å². The summed E-state index contributed by atoms with van der Waals surface area (Å²) in [7, 11) is 0. The summed E-state index contributed by atoms with van der Waals surface area (Å²) < 4.78 is 5.70. The minimum absolute atomic E-state index is 0.0218. The van der Waals surface area contributed by atoms with Crippen LogP contribution in [0.1, 0.15) is 51.5 Å². The number of likely N-dealkylation sites (tertiary alicyclic amines) is 1. The summed E-state index contributed by atoms with van der Waals surface area (Å²) in [5.41, 5.74) is 5.49. The van der Waals surface area contributed by atoms with Crippen LogP contribution in [-0.4, -0.2) is 33.8 Å². The standard InChI is InChI=1S/C25H29N3O2/c1-19-10-11-22(20(2)14-19)16-27(15-21-8-4-3-5-9-21)17-24-26-23(18-30-24)25(29)28-12-6-7-13-28/h3-5,8-11,14,18H,6-7,12-13,15-17H2,1-2H3. The zero-order valence-electron chi connectivity index (χ0n) is 17.8. The molecule has 1 amide bonds. The summed E-state index contributed by atoms with van der Waals surface area (Å²) in [4.78, 5) is 21.3. The molecular weight excluding hydrogens is 374 g/mol. The van der Waals surface area contributed by atoms with Crippen LogP contribution < -0.4 is 0 Å². The molecule has 1 aromatic heterocycles. The third kappa shape index (κ3) is 4.97. The van der Waals surface area contributed by atoms with Crippen molar-refractivity contribution in [2.75, 3.05) is 13.1 Å². The van der Waals surface area contributed by atoms with Crippen molar-refractivity contribution >= 4 is 5.91 Å². The Morgan fingerprint density at radius 1 is 1.03 bits per heavy atom. The molecule has 2 aromatic carbocycles. The predicted molar refractivity (Wildman–Crippen MR) is 117 cm³/mol. The molecule has 3 aromatic rings. The summed E-state index contributed by atoms with van der Waals surface area (Å²) in [6.07, 6.45) is 3.64. The van der Waals surface area contributed by atoms with Crippen molar-refractivity contribution in [3.05, 3.63) is 88.6 Å². The Morgan fingerprint density at radius 3 is 2.53 bits per heavy atom. The first kappa shape index (κ1) is 20.4. The number of benzene rings is 2. The van der Waals surface area contributed by atoms with Gasteiger partial charge in [0.25, 0.3) is 5.91 Å². The normalized spacial score (nSPS) is 13.9. The zero-order chi connectivity index (χ0) is 20.9. The molecule has 0 unspecified atom stereocenters. The Kier molecular flexibility index (Phi) is 6.29. The number of nitrogens with zero attached hydrogens (tertiary/aromatic N) is 3. The van der Waals surface area contributed by atoms with E-state index in [1.165, 1.54) is 28.5 Å². The van der Waals surface area contributed by atoms with Crippen LogP contribution in [0.4, 0.5) is 0 Å². The number of carbonyl (C=O) groups is 1. The number of rotatable bonds is 7. The van der Waals surface area contributed by atoms with E-state index in [9.17, 15) is 4.79 Å². The first-order valence-electron chi connectivity index (χ1n) is 10.6. The fraction of sp³-hybridized carbons (Fsp3) is 0.360. The molecule has 4 rings (SSSR count). The average molecular weight is 404 g/mol. The summed E-state index contributed by atoms with van der Waals surface area (Å²) in [5, 5.41) is 0. The van der Waals surface area contributed by atoms with Gasteiger partial charge in [0, 0.05) is 26.2 Å². The van der Waals surface area contributed by atoms with E-state index in [2.05, 4.69) is 66.2 Å². The van der Waals surface area contributed by atoms with Crippen LogP contribution in [0.2, 0.25) is 0 Å². The average Bonchev–Trinajstić information content (AvgIpc) is 3.43. The Hall–Kier alpha value is -2.92. The van der Waals surface area contributed by atoms with Crippen LogP contribution in [0, 0.1) is 13.8 Å². The lowest BCUT2D eigenvalue weighted by Gasteiger charge is -2.22. The van der Waals surface area contributed by atoms with Gasteiger partial charge in [0.2, 0.25) is 5.89 Å². The van der Waals surface area contributed by atoms with E-state index in [1.54, 1.807) is 0 Å². The smallest absolute Gasteiger partial charge is 0.275 e. The minimum atomic E-state index is -0.0218. The van der Waals surface area contributed by atoms with Gasteiger partial charge in [0.15, 0.2) is 5.69 Å². The Labute approximate surface area is 178 Å². The summed E-state index contributed by atoms with van der Waals surface area (Å²) in [5.74, 6) is 0.560. The van der Waals surface area contributed by atoms with Gasteiger partial charge >= 0.3 is 0 Å². The maximum absolute atomic E-state index is 12.6.